The molecule has 1 aromatic heterocycles. The second kappa shape index (κ2) is 2.70. The second-order valence-corrected chi connectivity index (χ2v) is 3.85. The first-order chi connectivity index (χ1) is 5.04. The maximum Gasteiger partial charge on any atom is 0.0332 e. The fraction of sp³-hybridized carbons (Fsp3) is 0.556. The van der Waals surface area contributed by atoms with Crippen LogP contribution in [0.5, 0.6) is 0 Å². The highest BCUT2D eigenvalue weighted by molar-refractivity contribution is 5.19. The van der Waals surface area contributed by atoms with Crippen LogP contribution in [0.25, 0.3) is 0 Å². The molecule has 0 bridgehead atoms. The van der Waals surface area contributed by atoms with Gasteiger partial charge in [-0.2, -0.15) is 0 Å². The number of aromatic amines is 1. The molecule has 0 unspecified atom stereocenters. The maximum atomic E-state index is 5.48. The van der Waals surface area contributed by atoms with Crippen molar-refractivity contribution in [1.29, 1.82) is 0 Å². The predicted molar refractivity (Wildman–Crippen MR) is 47.4 cm³/mol. The molecule has 2 heteroatoms. The van der Waals surface area contributed by atoms with Crippen LogP contribution in [0.3, 0.4) is 0 Å². The van der Waals surface area contributed by atoms with Gasteiger partial charge in [0, 0.05) is 23.3 Å². The molecule has 1 heterocycles. The summed E-state index contributed by atoms with van der Waals surface area (Å²) in [5.74, 6) is 0. The number of hydrogen-bond donors (Lipinski definition) is 2. The van der Waals surface area contributed by atoms with E-state index in [0.29, 0.717) is 6.54 Å². The normalized spacial score (nSPS) is 12.0. The summed E-state index contributed by atoms with van der Waals surface area (Å²) in [6, 6.07) is 4.14. The third-order valence-electron chi connectivity index (χ3n) is 1.77. The van der Waals surface area contributed by atoms with Gasteiger partial charge in [-0.25, -0.2) is 0 Å². The molecule has 11 heavy (non-hydrogen) atoms. The van der Waals surface area contributed by atoms with Crippen molar-refractivity contribution in [3.8, 4) is 0 Å². The molecule has 0 aromatic carbocycles. The van der Waals surface area contributed by atoms with Crippen molar-refractivity contribution < 1.29 is 0 Å². The van der Waals surface area contributed by atoms with Crippen molar-refractivity contribution in [2.24, 2.45) is 5.73 Å². The highest BCUT2D eigenvalue weighted by Crippen LogP contribution is 2.20. The minimum Gasteiger partial charge on any atom is -0.361 e. The van der Waals surface area contributed by atoms with Crippen molar-refractivity contribution >= 4 is 0 Å². The molecule has 0 radical (unpaired) electrons. The van der Waals surface area contributed by atoms with Gasteiger partial charge in [0.1, 0.15) is 0 Å². The highest BCUT2D eigenvalue weighted by atomic mass is 14.8. The molecule has 62 valence electrons. The molecule has 0 saturated carbocycles. The largest absolute Gasteiger partial charge is 0.361 e. The van der Waals surface area contributed by atoms with Crippen LogP contribution in [0.2, 0.25) is 0 Å². The van der Waals surface area contributed by atoms with Crippen molar-refractivity contribution in [3.05, 3.63) is 23.5 Å². The molecular formula is C9H16N2. The van der Waals surface area contributed by atoms with E-state index in [-0.39, 0.29) is 5.41 Å². The second-order valence-electron chi connectivity index (χ2n) is 3.85. The van der Waals surface area contributed by atoms with Gasteiger partial charge in [0.25, 0.3) is 0 Å². The van der Waals surface area contributed by atoms with Crippen molar-refractivity contribution in [1.82, 2.24) is 4.98 Å². The number of aromatic nitrogens is 1. The van der Waals surface area contributed by atoms with Crippen LogP contribution in [0.1, 0.15) is 32.2 Å². The molecule has 3 N–H and O–H groups in total. The zero-order valence-corrected chi connectivity index (χ0v) is 7.44. The molecule has 0 atom stereocenters. The Hall–Kier alpha value is -0.760. The summed E-state index contributed by atoms with van der Waals surface area (Å²) < 4.78 is 0. The van der Waals surface area contributed by atoms with Gasteiger partial charge in [-0.1, -0.05) is 20.8 Å². The highest BCUT2D eigenvalue weighted by Gasteiger charge is 2.14. The van der Waals surface area contributed by atoms with E-state index in [1.54, 1.807) is 0 Å². The van der Waals surface area contributed by atoms with Crippen LogP contribution in [0, 0.1) is 0 Å². The average molecular weight is 152 g/mol. The maximum absolute atomic E-state index is 5.48. The summed E-state index contributed by atoms with van der Waals surface area (Å²) in [6.07, 6.45) is 0. The van der Waals surface area contributed by atoms with E-state index in [1.807, 2.05) is 6.07 Å². The molecule has 1 aromatic rings. The summed E-state index contributed by atoms with van der Waals surface area (Å²) in [5.41, 5.74) is 8.03. The van der Waals surface area contributed by atoms with E-state index >= 15 is 0 Å². The van der Waals surface area contributed by atoms with Gasteiger partial charge in [-0.3, -0.25) is 0 Å². The average Bonchev–Trinajstić information content (AvgIpc) is 2.32. The van der Waals surface area contributed by atoms with Gasteiger partial charge in [-0.15, -0.1) is 0 Å². The van der Waals surface area contributed by atoms with E-state index < -0.39 is 0 Å². The summed E-state index contributed by atoms with van der Waals surface area (Å²) in [6.45, 7) is 7.13. The van der Waals surface area contributed by atoms with Crippen molar-refractivity contribution in [2.45, 2.75) is 32.7 Å². The topological polar surface area (TPSA) is 41.8 Å². The molecule has 0 aliphatic heterocycles. The summed E-state index contributed by atoms with van der Waals surface area (Å²) in [4.78, 5) is 3.28. The molecule has 0 spiro atoms. The smallest absolute Gasteiger partial charge is 0.0332 e. The third kappa shape index (κ3) is 1.84. The first-order valence-electron chi connectivity index (χ1n) is 3.92. The molecule has 0 aliphatic rings. The summed E-state index contributed by atoms with van der Waals surface area (Å²) in [7, 11) is 0. The first-order valence-corrected chi connectivity index (χ1v) is 3.92. The van der Waals surface area contributed by atoms with Gasteiger partial charge >= 0.3 is 0 Å². The number of nitrogens with one attached hydrogen (secondary N) is 1. The van der Waals surface area contributed by atoms with Gasteiger partial charge < -0.3 is 10.7 Å². The number of nitrogens with two attached hydrogens (primary N) is 1. The lowest BCUT2D eigenvalue weighted by atomic mass is 9.93. The Morgan fingerprint density at radius 1 is 1.36 bits per heavy atom. The van der Waals surface area contributed by atoms with Crippen molar-refractivity contribution in [3.63, 3.8) is 0 Å². The minimum absolute atomic E-state index is 0.202. The molecule has 2 nitrogen and oxygen atoms in total. The molecule has 1 rings (SSSR count). The standard InChI is InChI=1S/C9H16N2/c1-9(2,3)8-5-4-7(6-10)11-8/h4-5,11H,6,10H2,1-3H3. The Bertz CT molecular complexity index is 230. The molecular weight excluding hydrogens is 136 g/mol. The number of rotatable bonds is 1. The predicted octanol–water partition coefficient (Wildman–Crippen LogP) is 1.77. The van der Waals surface area contributed by atoms with E-state index in [9.17, 15) is 0 Å². The number of H-pyrrole nitrogens is 1. The molecule has 0 aliphatic carbocycles. The summed E-state index contributed by atoms with van der Waals surface area (Å²) in [5, 5.41) is 0. The zero-order valence-electron chi connectivity index (χ0n) is 7.44. The van der Waals surface area contributed by atoms with Gasteiger partial charge in [-0.05, 0) is 12.1 Å². The van der Waals surface area contributed by atoms with Gasteiger partial charge in [0.15, 0.2) is 0 Å². The Labute approximate surface area is 67.8 Å². The monoisotopic (exact) mass is 152 g/mol. The van der Waals surface area contributed by atoms with Crippen LogP contribution in [-0.2, 0) is 12.0 Å². The SMILES string of the molecule is CC(C)(C)c1ccc(CN)[nH]1. The zero-order chi connectivity index (χ0) is 8.48. The molecule has 0 saturated heterocycles. The van der Waals surface area contributed by atoms with E-state index in [1.165, 1.54) is 5.69 Å². The lowest BCUT2D eigenvalue weighted by Gasteiger charge is -2.15. The lowest BCUT2D eigenvalue weighted by Crippen LogP contribution is -2.11. The summed E-state index contributed by atoms with van der Waals surface area (Å²) >= 11 is 0. The first kappa shape index (κ1) is 8.34. The molecule has 0 fully saturated rings. The van der Waals surface area contributed by atoms with E-state index in [4.69, 9.17) is 5.73 Å². The van der Waals surface area contributed by atoms with Gasteiger partial charge in [0.05, 0.1) is 0 Å². The fourth-order valence-electron chi connectivity index (χ4n) is 0.997. The Balaban J connectivity index is 2.89. The van der Waals surface area contributed by atoms with Crippen molar-refractivity contribution in [2.75, 3.05) is 0 Å². The number of hydrogen-bond acceptors (Lipinski definition) is 1. The van der Waals surface area contributed by atoms with E-state index in [2.05, 4.69) is 31.8 Å². The van der Waals surface area contributed by atoms with Crippen LogP contribution in [0.4, 0.5) is 0 Å². The van der Waals surface area contributed by atoms with Crippen LogP contribution in [-0.4, -0.2) is 4.98 Å². The van der Waals surface area contributed by atoms with E-state index in [0.717, 1.165) is 5.69 Å². The fourth-order valence-corrected chi connectivity index (χ4v) is 0.997. The third-order valence-corrected chi connectivity index (χ3v) is 1.77. The van der Waals surface area contributed by atoms with Crippen LogP contribution >= 0.6 is 0 Å². The lowest BCUT2D eigenvalue weighted by molar-refractivity contribution is 0.571. The Kier molecular flexibility index (Phi) is 2.05. The minimum atomic E-state index is 0.202. The van der Waals surface area contributed by atoms with Gasteiger partial charge in [0.2, 0.25) is 0 Å². The van der Waals surface area contributed by atoms with Crippen LogP contribution < -0.4 is 5.73 Å². The molecule has 0 amide bonds. The quantitative estimate of drug-likeness (QED) is 0.632. The van der Waals surface area contributed by atoms with Crippen LogP contribution in [0.15, 0.2) is 12.1 Å². The Morgan fingerprint density at radius 3 is 2.27 bits per heavy atom. The Morgan fingerprint density at radius 2 is 2.00 bits per heavy atom.